The molecule has 1 fully saturated rings. The van der Waals surface area contributed by atoms with Gasteiger partial charge in [-0.1, -0.05) is 19.3 Å². The van der Waals surface area contributed by atoms with Crippen LogP contribution in [-0.4, -0.2) is 42.1 Å². The zero-order valence-corrected chi connectivity index (χ0v) is 12.4. The van der Waals surface area contributed by atoms with Gasteiger partial charge in [-0.05, 0) is 33.6 Å². The van der Waals surface area contributed by atoms with Crippen LogP contribution in [0, 0.1) is 0 Å². The summed E-state index contributed by atoms with van der Waals surface area (Å²) in [5.41, 5.74) is -0.0286. The van der Waals surface area contributed by atoms with Crippen LogP contribution in [-0.2, 0) is 4.74 Å². The van der Waals surface area contributed by atoms with Crippen molar-refractivity contribution in [3.63, 3.8) is 0 Å². The molecule has 0 aromatic carbocycles. The third kappa shape index (κ3) is 6.64. The van der Waals surface area contributed by atoms with Gasteiger partial charge in [0, 0.05) is 25.0 Å². The Morgan fingerprint density at radius 2 is 1.76 bits per heavy atom. The van der Waals surface area contributed by atoms with E-state index in [1.807, 2.05) is 0 Å². The molecule has 102 valence electrons. The summed E-state index contributed by atoms with van der Waals surface area (Å²) in [6.45, 7) is 9.17. The Labute approximate surface area is 112 Å². The van der Waals surface area contributed by atoms with Gasteiger partial charge < -0.3 is 4.74 Å². The van der Waals surface area contributed by atoms with Gasteiger partial charge in [-0.2, -0.15) is 0 Å². The molecule has 0 spiro atoms. The molecule has 1 saturated carbocycles. The van der Waals surface area contributed by atoms with E-state index < -0.39 is 0 Å². The van der Waals surface area contributed by atoms with Gasteiger partial charge in [0.2, 0.25) is 0 Å². The summed E-state index contributed by atoms with van der Waals surface area (Å²) in [5, 5.41) is 0. The average Bonchev–Trinajstić information content (AvgIpc) is 2.27. The second-order valence-corrected chi connectivity index (χ2v) is 6.36. The van der Waals surface area contributed by atoms with E-state index in [4.69, 9.17) is 16.3 Å². The molecular weight excluding hydrogens is 234 g/mol. The van der Waals surface area contributed by atoms with Crippen LogP contribution in [0.3, 0.4) is 0 Å². The lowest BCUT2D eigenvalue weighted by molar-refractivity contribution is -0.0188. The van der Waals surface area contributed by atoms with Crippen LogP contribution < -0.4 is 0 Å². The molecule has 0 radical (unpaired) electrons. The summed E-state index contributed by atoms with van der Waals surface area (Å²) in [4.78, 5) is 2.53. The van der Waals surface area contributed by atoms with E-state index in [2.05, 4.69) is 25.7 Å². The highest BCUT2D eigenvalue weighted by molar-refractivity contribution is 6.18. The molecule has 0 N–H and O–H groups in total. The third-order valence-electron chi connectivity index (χ3n) is 3.38. The fraction of sp³-hybridized carbons (Fsp3) is 1.00. The quantitative estimate of drug-likeness (QED) is 0.677. The van der Waals surface area contributed by atoms with Gasteiger partial charge in [-0.25, -0.2) is 0 Å². The van der Waals surface area contributed by atoms with Gasteiger partial charge in [0.15, 0.2) is 0 Å². The fourth-order valence-electron chi connectivity index (χ4n) is 2.50. The summed E-state index contributed by atoms with van der Waals surface area (Å²) in [6.07, 6.45) is 6.84. The van der Waals surface area contributed by atoms with E-state index in [9.17, 15) is 0 Å². The average molecular weight is 262 g/mol. The number of hydrogen-bond acceptors (Lipinski definition) is 2. The molecule has 1 aliphatic carbocycles. The molecule has 0 aromatic heterocycles. The highest BCUT2D eigenvalue weighted by Crippen LogP contribution is 2.22. The summed E-state index contributed by atoms with van der Waals surface area (Å²) in [6, 6.07) is 0.742. The van der Waals surface area contributed by atoms with E-state index in [-0.39, 0.29) is 5.60 Å². The standard InChI is InChI=1S/C14H28ClNO/c1-14(2,3)17-12-11-16(10-9-15)13-7-5-4-6-8-13/h13H,4-12H2,1-3H3. The van der Waals surface area contributed by atoms with Gasteiger partial charge in [0.1, 0.15) is 0 Å². The normalized spacial score (nSPS) is 18.9. The van der Waals surface area contributed by atoms with Gasteiger partial charge >= 0.3 is 0 Å². The number of alkyl halides is 1. The van der Waals surface area contributed by atoms with Gasteiger partial charge in [0.25, 0.3) is 0 Å². The van der Waals surface area contributed by atoms with Crippen LogP contribution in [0.2, 0.25) is 0 Å². The van der Waals surface area contributed by atoms with Crippen LogP contribution >= 0.6 is 11.6 Å². The lowest BCUT2D eigenvalue weighted by Crippen LogP contribution is -2.41. The molecule has 2 nitrogen and oxygen atoms in total. The Kier molecular flexibility index (Phi) is 6.83. The third-order valence-corrected chi connectivity index (χ3v) is 3.55. The molecule has 0 heterocycles. The molecule has 0 saturated heterocycles. The second kappa shape index (κ2) is 7.60. The maximum atomic E-state index is 5.90. The summed E-state index contributed by atoms with van der Waals surface area (Å²) in [5.74, 6) is 0.728. The van der Waals surface area contributed by atoms with Crippen molar-refractivity contribution >= 4 is 11.6 Å². The zero-order valence-electron chi connectivity index (χ0n) is 11.7. The van der Waals surface area contributed by atoms with E-state index in [0.29, 0.717) is 0 Å². The van der Waals surface area contributed by atoms with Gasteiger partial charge in [0.05, 0.1) is 12.2 Å². The van der Waals surface area contributed by atoms with Crippen molar-refractivity contribution in [2.45, 2.75) is 64.5 Å². The number of nitrogens with zero attached hydrogens (tertiary/aromatic N) is 1. The molecule has 17 heavy (non-hydrogen) atoms. The molecule has 1 rings (SSSR count). The minimum absolute atomic E-state index is 0.0286. The van der Waals surface area contributed by atoms with Crippen LogP contribution in [0.5, 0.6) is 0 Å². The van der Waals surface area contributed by atoms with E-state index in [1.54, 1.807) is 0 Å². The Bertz CT molecular complexity index is 197. The predicted octanol–water partition coefficient (Wildman–Crippen LogP) is 3.68. The first-order valence-corrected chi connectivity index (χ1v) is 7.50. The van der Waals surface area contributed by atoms with Crippen molar-refractivity contribution in [1.29, 1.82) is 0 Å². The minimum Gasteiger partial charge on any atom is -0.375 e. The Hall–Kier alpha value is 0.210. The number of halogens is 1. The maximum absolute atomic E-state index is 5.90. The Morgan fingerprint density at radius 3 is 2.29 bits per heavy atom. The first kappa shape index (κ1) is 15.3. The lowest BCUT2D eigenvalue weighted by Gasteiger charge is -2.34. The van der Waals surface area contributed by atoms with Crippen LogP contribution in [0.25, 0.3) is 0 Å². The molecule has 0 atom stereocenters. The molecule has 1 aliphatic rings. The highest BCUT2D eigenvalue weighted by atomic mass is 35.5. The van der Waals surface area contributed by atoms with Crippen LogP contribution in [0.4, 0.5) is 0 Å². The predicted molar refractivity (Wildman–Crippen MR) is 74.9 cm³/mol. The smallest absolute Gasteiger partial charge is 0.0600 e. The Morgan fingerprint density at radius 1 is 1.12 bits per heavy atom. The van der Waals surface area contributed by atoms with Crippen molar-refractivity contribution in [1.82, 2.24) is 4.90 Å². The first-order valence-electron chi connectivity index (χ1n) is 6.97. The van der Waals surface area contributed by atoms with Crippen molar-refractivity contribution in [3.8, 4) is 0 Å². The van der Waals surface area contributed by atoms with Gasteiger partial charge in [-0.3, -0.25) is 4.90 Å². The lowest BCUT2D eigenvalue weighted by atomic mass is 9.94. The van der Waals surface area contributed by atoms with Crippen molar-refractivity contribution in [2.24, 2.45) is 0 Å². The maximum Gasteiger partial charge on any atom is 0.0600 e. The SMILES string of the molecule is CC(C)(C)OCCN(CCCl)C1CCCCC1. The van der Waals surface area contributed by atoms with Crippen molar-refractivity contribution < 1.29 is 4.74 Å². The molecule has 0 amide bonds. The topological polar surface area (TPSA) is 12.5 Å². The van der Waals surface area contributed by atoms with Crippen LogP contribution in [0.15, 0.2) is 0 Å². The minimum atomic E-state index is -0.0286. The van der Waals surface area contributed by atoms with Crippen molar-refractivity contribution in [2.75, 3.05) is 25.6 Å². The first-order chi connectivity index (χ1) is 8.03. The summed E-state index contributed by atoms with van der Waals surface area (Å²) >= 11 is 5.90. The number of rotatable bonds is 6. The number of ether oxygens (including phenoxy) is 1. The molecule has 0 aliphatic heterocycles. The highest BCUT2D eigenvalue weighted by Gasteiger charge is 2.21. The van der Waals surface area contributed by atoms with Crippen LogP contribution in [0.1, 0.15) is 52.9 Å². The second-order valence-electron chi connectivity index (χ2n) is 5.98. The molecule has 0 unspecified atom stereocenters. The number of hydrogen-bond donors (Lipinski definition) is 0. The van der Waals surface area contributed by atoms with Crippen molar-refractivity contribution in [3.05, 3.63) is 0 Å². The largest absolute Gasteiger partial charge is 0.375 e. The Balaban J connectivity index is 2.31. The van der Waals surface area contributed by atoms with E-state index >= 15 is 0 Å². The van der Waals surface area contributed by atoms with E-state index in [0.717, 1.165) is 31.6 Å². The molecule has 0 bridgehead atoms. The molecular formula is C14H28ClNO. The molecule has 0 aromatic rings. The molecule has 3 heteroatoms. The van der Waals surface area contributed by atoms with Gasteiger partial charge in [-0.15, -0.1) is 11.6 Å². The van der Waals surface area contributed by atoms with E-state index in [1.165, 1.54) is 32.1 Å². The summed E-state index contributed by atoms with van der Waals surface area (Å²) < 4.78 is 5.81. The fourth-order valence-corrected chi connectivity index (χ4v) is 2.72. The summed E-state index contributed by atoms with van der Waals surface area (Å²) in [7, 11) is 0. The zero-order chi connectivity index (χ0) is 12.7. The monoisotopic (exact) mass is 261 g/mol.